The van der Waals surface area contributed by atoms with Gasteiger partial charge in [0.1, 0.15) is 5.75 Å². The number of benzene rings is 1. The second kappa shape index (κ2) is 13.4. The summed E-state index contributed by atoms with van der Waals surface area (Å²) in [5, 5.41) is 6.84. The summed E-state index contributed by atoms with van der Waals surface area (Å²) in [5.74, 6) is 1.31. The molecule has 156 valence electrons. The topological polar surface area (TPSA) is 83.0 Å². The maximum atomic E-state index is 12.2. The highest BCUT2D eigenvalue weighted by atomic mass is 127. The molecule has 0 aliphatic rings. The molecule has 0 aliphatic carbocycles. The first-order chi connectivity index (χ1) is 12.4. The Morgan fingerprint density at radius 2 is 1.85 bits per heavy atom. The van der Waals surface area contributed by atoms with Gasteiger partial charge in [0, 0.05) is 38.2 Å². The number of hydrogen-bond donors (Lipinski definition) is 2. The average Bonchev–Trinajstić information content (AvgIpc) is 2.62. The van der Waals surface area contributed by atoms with Crippen LogP contribution in [0.3, 0.4) is 0 Å². The molecule has 1 aromatic rings. The Bertz CT molecular complexity index is 697. The van der Waals surface area contributed by atoms with Crippen LogP contribution in [-0.2, 0) is 16.4 Å². The summed E-state index contributed by atoms with van der Waals surface area (Å²) in [6.45, 7) is 5.54. The predicted octanol–water partition coefficient (Wildman–Crippen LogP) is 2.35. The Morgan fingerprint density at radius 1 is 1.22 bits per heavy atom. The third-order valence-corrected chi connectivity index (χ3v) is 6.30. The number of aliphatic imine (C=N–C) groups is 1. The average molecular weight is 533 g/mol. The van der Waals surface area contributed by atoms with E-state index in [1.54, 1.807) is 20.2 Å². The molecule has 0 aliphatic heterocycles. The summed E-state index contributed by atoms with van der Waals surface area (Å²) in [4.78, 5) is 4.11. The van der Waals surface area contributed by atoms with Crippen molar-refractivity contribution in [2.45, 2.75) is 20.3 Å². The van der Waals surface area contributed by atoms with Crippen LogP contribution in [0, 0.1) is 0 Å². The van der Waals surface area contributed by atoms with E-state index in [1.165, 1.54) is 4.31 Å². The third kappa shape index (κ3) is 8.84. The number of guanidine groups is 1. The Labute approximate surface area is 185 Å². The zero-order valence-corrected chi connectivity index (χ0v) is 20.2. The van der Waals surface area contributed by atoms with Crippen molar-refractivity contribution >= 4 is 51.6 Å². The molecule has 27 heavy (non-hydrogen) atoms. The zero-order chi connectivity index (χ0) is 19.6. The molecule has 0 heterocycles. The second-order valence-electron chi connectivity index (χ2n) is 5.53. The minimum atomic E-state index is -3.24. The lowest BCUT2D eigenvalue weighted by Crippen LogP contribution is -2.42. The molecule has 0 bridgehead atoms. The van der Waals surface area contributed by atoms with Gasteiger partial charge in [-0.25, -0.2) is 12.7 Å². The summed E-state index contributed by atoms with van der Waals surface area (Å²) in [5.41, 5.74) is 1.000. The van der Waals surface area contributed by atoms with Gasteiger partial charge in [-0.3, -0.25) is 4.99 Å². The van der Waals surface area contributed by atoms with Crippen LogP contribution < -0.4 is 15.4 Å². The Hall–Kier alpha value is -0.780. The second-order valence-corrected chi connectivity index (χ2v) is 8.03. The first-order valence-corrected chi connectivity index (χ1v) is 10.6. The van der Waals surface area contributed by atoms with Crippen LogP contribution in [0.4, 0.5) is 0 Å². The number of halogens is 2. The van der Waals surface area contributed by atoms with Gasteiger partial charge in [0.2, 0.25) is 10.0 Å². The van der Waals surface area contributed by atoms with E-state index in [4.69, 9.17) is 16.3 Å². The number of ether oxygens (including phenoxy) is 1. The fraction of sp³-hybridized carbons (Fsp3) is 0.588. The fourth-order valence-corrected chi connectivity index (χ4v) is 4.11. The van der Waals surface area contributed by atoms with E-state index >= 15 is 0 Å². The Morgan fingerprint density at radius 3 is 2.37 bits per heavy atom. The smallest absolute Gasteiger partial charge is 0.215 e. The van der Waals surface area contributed by atoms with Gasteiger partial charge < -0.3 is 15.4 Å². The molecule has 0 saturated heterocycles. The van der Waals surface area contributed by atoms with E-state index < -0.39 is 10.0 Å². The summed E-state index contributed by atoms with van der Waals surface area (Å²) in [7, 11) is 0.00420. The first kappa shape index (κ1) is 26.2. The monoisotopic (exact) mass is 532 g/mol. The van der Waals surface area contributed by atoms with Crippen LogP contribution in [0.25, 0.3) is 0 Å². The molecule has 0 spiro atoms. The lowest BCUT2D eigenvalue weighted by molar-refractivity contribution is 0.414. The van der Waals surface area contributed by atoms with Gasteiger partial charge >= 0.3 is 0 Å². The number of nitrogens with one attached hydrogen (secondary N) is 2. The minimum absolute atomic E-state index is 0. The van der Waals surface area contributed by atoms with Crippen molar-refractivity contribution in [3.8, 4) is 5.75 Å². The number of rotatable bonds is 10. The van der Waals surface area contributed by atoms with Gasteiger partial charge in [0.25, 0.3) is 0 Å². The van der Waals surface area contributed by atoms with Crippen LogP contribution >= 0.6 is 35.6 Å². The molecule has 0 saturated carbocycles. The molecule has 2 N–H and O–H groups in total. The van der Waals surface area contributed by atoms with Crippen molar-refractivity contribution in [3.05, 3.63) is 28.8 Å². The molecule has 1 rings (SSSR count). The van der Waals surface area contributed by atoms with Crippen LogP contribution in [0.2, 0.25) is 5.02 Å². The fourth-order valence-electron chi connectivity index (χ4n) is 2.44. The highest BCUT2D eigenvalue weighted by Crippen LogP contribution is 2.22. The van der Waals surface area contributed by atoms with Gasteiger partial charge in [-0.15, -0.1) is 24.0 Å². The lowest BCUT2D eigenvalue weighted by atomic mass is 10.1. The molecule has 1 aromatic carbocycles. The molecule has 0 unspecified atom stereocenters. The molecule has 0 radical (unpaired) electrons. The lowest BCUT2D eigenvalue weighted by Gasteiger charge is -2.19. The molecule has 0 fully saturated rings. The molecule has 10 heteroatoms. The largest absolute Gasteiger partial charge is 0.497 e. The molecule has 7 nitrogen and oxygen atoms in total. The van der Waals surface area contributed by atoms with Crippen molar-refractivity contribution in [2.24, 2.45) is 4.99 Å². The van der Waals surface area contributed by atoms with Gasteiger partial charge in [0.05, 0.1) is 12.9 Å². The van der Waals surface area contributed by atoms with Crippen LogP contribution in [-0.4, -0.2) is 64.8 Å². The molecule has 0 atom stereocenters. The van der Waals surface area contributed by atoms with E-state index in [1.807, 2.05) is 26.0 Å². The van der Waals surface area contributed by atoms with Gasteiger partial charge in [0.15, 0.2) is 5.96 Å². The maximum Gasteiger partial charge on any atom is 0.215 e. The maximum absolute atomic E-state index is 12.2. The van der Waals surface area contributed by atoms with Crippen molar-refractivity contribution in [1.82, 2.24) is 14.9 Å². The Balaban J connectivity index is 0.00000676. The third-order valence-electron chi connectivity index (χ3n) is 3.92. The van der Waals surface area contributed by atoms with Crippen molar-refractivity contribution in [1.29, 1.82) is 0 Å². The first-order valence-electron chi connectivity index (χ1n) is 8.62. The van der Waals surface area contributed by atoms with Gasteiger partial charge in [-0.05, 0) is 24.1 Å². The number of sulfonamides is 1. The van der Waals surface area contributed by atoms with E-state index in [0.717, 1.165) is 11.3 Å². The quantitative estimate of drug-likeness (QED) is 0.275. The molecule has 0 aromatic heterocycles. The molecular weight excluding hydrogens is 503 g/mol. The van der Waals surface area contributed by atoms with Crippen molar-refractivity contribution in [2.75, 3.05) is 46.1 Å². The normalized spacial score (nSPS) is 11.9. The van der Waals surface area contributed by atoms with E-state index in [2.05, 4.69) is 15.6 Å². The number of methoxy groups -OCH3 is 1. The van der Waals surface area contributed by atoms with E-state index in [-0.39, 0.29) is 29.7 Å². The van der Waals surface area contributed by atoms with Crippen LogP contribution in [0.5, 0.6) is 5.75 Å². The highest BCUT2D eigenvalue weighted by Gasteiger charge is 2.18. The summed E-state index contributed by atoms with van der Waals surface area (Å²) < 4.78 is 30.9. The predicted molar refractivity (Wildman–Crippen MR) is 123 cm³/mol. The summed E-state index contributed by atoms with van der Waals surface area (Å²) in [6.07, 6.45) is 0.710. The number of hydrogen-bond acceptors (Lipinski definition) is 4. The highest BCUT2D eigenvalue weighted by molar-refractivity contribution is 14.0. The molecular formula is C17H30ClIN4O3S. The van der Waals surface area contributed by atoms with Gasteiger partial charge in [-0.1, -0.05) is 31.5 Å². The Kier molecular flexibility index (Phi) is 13.0. The van der Waals surface area contributed by atoms with Crippen LogP contribution in [0.1, 0.15) is 19.4 Å². The van der Waals surface area contributed by atoms with Crippen LogP contribution in [0.15, 0.2) is 23.2 Å². The zero-order valence-electron chi connectivity index (χ0n) is 16.3. The standard InChI is InChI=1S/C17H29ClN4O3S.HI/c1-5-22(6-2)26(23,24)12-11-21-17(19-3)20-10-9-14-7-8-15(25-4)13-16(14)18;/h7-8,13H,5-6,9-12H2,1-4H3,(H2,19,20,21);1H. The number of nitrogens with zero attached hydrogens (tertiary/aromatic N) is 2. The van der Waals surface area contributed by atoms with Crippen molar-refractivity contribution < 1.29 is 13.2 Å². The summed E-state index contributed by atoms with van der Waals surface area (Å²) in [6, 6.07) is 5.57. The van der Waals surface area contributed by atoms with E-state index in [9.17, 15) is 8.42 Å². The SMILES string of the molecule is CCN(CC)S(=O)(=O)CCNC(=NC)NCCc1ccc(OC)cc1Cl.I. The minimum Gasteiger partial charge on any atom is -0.497 e. The van der Waals surface area contributed by atoms with Crippen molar-refractivity contribution in [3.63, 3.8) is 0 Å². The van der Waals surface area contributed by atoms with Gasteiger partial charge in [-0.2, -0.15) is 0 Å². The van der Waals surface area contributed by atoms with E-state index in [0.29, 0.717) is 43.6 Å². The summed E-state index contributed by atoms with van der Waals surface area (Å²) >= 11 is 6.22. The molecule has 0 amide bonds.